The molecule has 1 aliphatic heterocycles. The maximum absolute atomic E-state index is 13.8. The zero-order chi connectivity index (χ0) is 26.1. The van der Waals surface area contributed by atoms with Crippen LogP contribution in [0.4, 0.5) is 20.8 Å². The average molecular weight is 507 g/mol. The van der Waals surface area contributed by atoms with E-state index >= 15 is 0 Å². The summed E-state index contributed by atoms with van der Waals surface area (Å²) < 4.78 is 16.6. The lowest BCUT2D eigenvalue weighted by Crippen LogP contribution is -2.35. The summed E-state index contributed by atoms with van der Waals surface area (Å²) in [6.45, 7) is 3.46. The number of anilines is 2. The van der Waals surface area contributed by atoms with Crippen molar-refractivity contribution in [2.24, 2.45) is 0 Å². The molecule has 4 N–H and O–H groups in total. The van der Waals surface area contributed by atoms with Crippen molar-refractivity contribution in [1.29, 1.82) is 0 Å². The number of carbonyl (C=O) groups is 1. The van der Waals surface area contributed by atoms with Crippen LogP contribution >= 0.6 is 0 Å². The van der Waals surface area contributed by atoms with E-state index in [1.807, 2.05) is 10.8 Å². The minimum atomic E-state index is -1.20. The molecule has 1 aliphatic rings. The van der Waals surface area contributed by atoms with E-state index in [-0.39, 0.29) is 24.2 Å². The number of benzene rings is 1. The van der Waals surface area contributed by atoms with E-state index in [2.05, 4.69) is 20.0 Å². The Morgan fingerprint density at radius 3 is 2.65 bits per heavy atom. The van der Waals surface area contributed by atoms with Crippen molar-refractivity contribution < 1.29 is 19.4 Å². The van der Waals surface area contributed by atoms with E-state index in [0.717, 1.165) is 34.6 Å². The Balaban J connectivity index is 1.39. The maximum Gasteiger partial charge on any atom is 0.432 e. The molecule has 12 heteroatoms. The summed E-state index contributed by atoms with van der Waals surface area (Å²) in [6.07, 6.45) is 6.49. The van der Waals surface area contributed by atoms with Crippen LogP contribution in [0.5, 0.6) is 0 Å². The van der Waals surface area contributed by atoms with Crippen molar-refractivity contribution in [3.05, 3.63) is 60.3 Å². The lowest BCUT2D eigenvalue weighted by atomic mass is 9.95. The van der Waals surface area contributed by atoms with Gasteiger partial charge in [-0.15, -0.1) is 0 Å². The Bertz CT molecular complexity index is 1440. The van der Waals surface area contributed by atoms with Gasteiger partial charge in [-0.3, -0.25) is 0 Å². The molecule has 0 bridgehead atoms. The quantitative estimate of drug-likeness (QED) is 0.359. The maximum atomic E-state index is 13.8. The molecule has 0 unspecified atom stereocenters. The number of aryl methyl sites for hydroxylation is 1. The number of piperidine rings is 1. The number of aliphatic hydroxyl groups excluding tert-OH is 1. The molecule has 4 heterocycles. The normalized spacial score (nSPS) is 14.3. The lowest BCUT2D eigenvalue weighted by molar-refractivity contribution is 0.192. The summed E-state index contributed by atoms with van der Waals surface area (Å²) in [4.78, 5) is 26.8. The van der Waals surface area contributed by atoms with Crippen LogP contribution < -0.4 is 10.6 Å². The van der Waals surface area contributed by atoms with Crippen LogP contribution in [0.15, 0.2) is 43.1 Å². The fraction of sp³-hybridized carbons (Fsp3) is 0.320. The Morgan fingerprint density at radius 1 is 1.19 bits per heavy atom. The Hall–Kier alpha value is -4.32. The van der Waals surface area contributed by atoms with Gasteiger partial charge in [0.05, 0.1) is 24.1 Å². The highest BCUT2D eigenvalue weighted by Gasteiger charge is 2.28. The minimum absolute atomic E-state index is 0.0162. The number of aliphatic hydroxyl groups is 1. The highest BCUT2D eigenvalue weighted by atomic mass is 19.1. The van der Waals surface area contributed by atoms with E-state index in [0.29, 0.717) is 42.1 Å². The van der Waals surface area contributed by atoms with Crippen molar-refractivity contribution in [2.45, 2.75) is 32.2 Å². The van der Waals surface area contributed by atoms with Gasteiger partial charge in [-0.1, -0.05) is 0 Å². The third-order valence-corrected chi connectivity index (χ3v) is 6.69. The fourth-order valence-electron chi connectivity index (χ4n) is 4.80. The van der Waals surface area contributed by atoms with Gasteiger partial charge in [0.2, 0.25) is 0 Å². The molecule has 0 atom stereocenters. The van der Waals surface area contributed by atoms with Crippen LogP contribution in [0.1, 0.15) is 30.1 Å². The van der Waals surface area contributed by atoms with Crippen molar-refractivity contribution in [1.82, 2.24) is 29.3 Å². The van der Waals surface area contributed by atoms with Gasteiger partial charge in [0.15, 0.2) is 0 Å². The smallest absolute Gasteiger partial charge is 0.432 e. The summed E-state index contributed by atoms with van der Waals surface area (Å²) in [7, 11) is 0. The molecule has 0 spiro atoms. The molecular formula is C25H27FN8O3. The Kier molecular flexibility index (Phi) is 6.57. The van der Waals surface area contributed by atoms with Gasteiger partial charge in [0, 0.05) is 49.1 Å². The molecule has 5 rings (SSSR count). The predicted molar refractivity (Wildman–Crippen MR) is 135 cm³/mol. The van der Waals surface area contributed by atoms with Crippen LogP contribution in [0.2, 0.25) is 0 Å². The second-order valence-electron chi connectivity index (χ2n) is 9.04. The van der Waals surface area contributed by atoms with E-state index in [1.165, 1.54) is 24.8 Å². The molecule has 3 aromatic heterocycles. The van der Waals surface area contributed by atoms with Crippen LogP contribution in [-0.4, -0.2) is 65.3 Å². The van der Waals surface area contributed by atoms with Crippen LogP contribution in [0.25, 0.3) is 22.4 Å². The molecule has 192 valence electrons. The van der Waals surface area contributed by atoms with E-state index < -0.39 is 6.09 Å². The molecule has 1 fully saturated rings. The Morgan fingerprint density at radius 2 is 1.97 bits per heavy atom. The molecule has 11 nitrogen and oxygen atoms in total. The van der Waals surface area contributed by atoms with Gasteiger partial charge in [0.1, 0.15) is 29.6 Å². The summed E-state index contributed by atoms with van der Waals surface area (Å²) in [5.41, 5.74) is 9.37. The first-order chi connectivity index (χ1) is 17.9. The van der Waals surface area contributed by atoms with Gasteiger partial charge in [-0.05, 0) is 43.5 Å². The molecule has 0 saturated carbocycles. The summed E-state index contributed by atoms with van der Waals surface area (Å²) in [6, 6.07) is 4.94. The molecule has 0 aliphatic carbocycles. The molecular weight excluding hydrogens is 479 g/mol. The summed E-state index contributed by atoms with van der Waals surface area (Å²) in [5.74, 6) is 1.64. The largest absolute Gasteiger partial charge is 0.463 e. The van der Waals surface area contributed by atoms with E-state index in [1.54, 1.807) is 19.1 Å². The van der Waals surface area contributed by atoms with Gasteiger partial charge in [-0.25, -0.2) is 24.1 Å². The van der Waals surface area contributed by atoms with Gasteiger partial charge in [0.25, 0.3) is 0 Å². The van der Waals surface area contributed by atoms with Crippen LogP contribution in [0, 0.1) is 12.7 Å². The monoisotopic (exact) mass is 506 g/mol. The third-order valence-electron chi connectivity index (χ3n) is 6.69. The first-order valence-corrected chi connectivity index (χ1v) is 11.9. The van der Waals surface area contributed by atoms with Crippen molar-refractivity contribution >= 4 is 17.7 Å². The number of aromatic nitrogens is 6. The number of carboxylic acid groups (broad SMARTS) is 1. The second-order valence-corrected chi connectivity index (χ2v) is 9.04. The van der Waals surface area contributed by atoms with Crippen molar-refractivity contribution in [3.63, 3.8) is 0 Å². The third kappa shape index (κ3) is 4.75. The topological polar surface area (TPSA) is 148 Å². The number of halogens is 1. The van der Waals surface area contributed by atoms with Crippen LogP contribution in [0.3, 0.4) is 0 Å². The van der Waals surface area contributed by atoms with Gasteiger partial charge >= 0.3 is 6.09 Å². The van der Waals surface area contributed by atoms with Gasteiger partial charge < -0.3 is 25.4 Å². The lowest BCUT2D eigenvalue weighted by Gasteiger charge is -2.33. The number of imidazole rings is 1. The zero-order valence-electron chi connectivity index (χ0n) is 20.2. The fourth-order valence-corrected chi connectivity index (χ4v) is 4.80. The average Bonchev–Trinajstić information content (AvgIpc) is 3.54. The second kappa shape index (κ2) is 9.97. The van der Waals surface area contributed by atoms with Crippen molar-refractivity contribution in [3.8, 4) is 22.4 Å². The number of nitrogen functional groups attached to an aromatic ring is 1. The van der Waals surface area contributed by atoms with Gasteiger partial charge in [-0.2, -0.15) is 9.78 Å². The van der Waals surface area contributed by atoms with Crippen molar-refractivity contribution in [2.75, 3.05) is 30.3 Å². The molecule has 1 aromatic carbocycles. The summed E-state index contributed by atoms with van der Waals surface area (Å²) >= 11 is 0. The molecule has 1 saturated heterocycles. The minimum Gasteiger partial charge on any atom is -0.463 e. The van der Waals surface area contributed by atoms with E-state index in [4.69, 9.17) is 10.7 Å². The number of nitrogens with two attached hydrogens (primary N) is 1. The summed E-state index contributed by atoms with van der Waals surface area (Å²) in [5, 5.41) is 22.7. The number of hydrogen-bond donors (Lipinski definition) is 3. The Labute approximate surface area is 212 Å². The standard InChI is InChI=1S/C25H27FN8O3/c1-15-10-17(2-3-19(15)26)20-13-33(8-9-35)23(31-20)16-4-6-32(7-5-16)24-21(22(27)28-14-29-24)18-11-30-34(12-18)25(36)37/h2-3,10-14,16,35H,4-9H2,1H3,(H,36,37)(H2,27,28,29). The zero-order valence-corrected chi connectivity index (χ0v) is 20.2. The molecule has 37 heavy (non-hydrogen) atoms. The highest BCUT2D eigenvalue weighted by Crippen LogP contribution is 2.37. The van der Waals surface area contributed by atoms with Crippen LogP contribution in [-0.2, 0) is 6.54 Å². The molecule has 0 radical (unpaired) electrons. The first-order valence-electron chi connectivity index (χ1n) is 11.9. The first kappa shape index (κ1) is 24.4. The predicted octanol–water partition coefficient (Wildman–Crippen LogP) is 3.14. The molecule has 4 aromatic rings. The number of nitrogens with zero attached hydrogens (tertiary/aromatic N) is 7. The molecule has 0 amide bonds. The SMILES string of the molecule is Cc1cc(-c2cn(CCO)c(C3CCN(c4ncnc(N)c4-c4cnn(C(=O)O)c4)CC3)n2)ccc1F. The number of hydrogen-bond acceptors (Lipinski definition) is 8. The van der Waals surface area contributed by atoms with E-state index in [9.17, 15) is 19.4 Å². The number of rotatable bonds is 6. The highest BCUT2D eigenvalue weighted by molar-refractivity contribution is 5.84.